The SMILES string of the molecule is C=C(N)NCCC[C@H]1C(=O)N(C(=O)N2CCN(C(=O)OCC3CCCC3)CC2)C1C(=O)O. The van der Waals surface area contributed by atoms with Crippen LogP contribution in [0.2, 0.25) is 0 Å². The summed E-state index contributed by atoms with van der Waals surface area (Å²) in [6.45, 7) is 5.42. The molecule has 11 nitrogen and oxygen atoms in total. The Morgan fingerprint density at radius 3 is 2.34 bits per heavy atom. The molecule has 0 aromatic carbocycles. The highest BCUT2D eigenvalue weighted by Gasteiger charge is 2.55. The van der Waals surface area contributed by atoms with Crippen molar-refractivity contribution in [3.63, 3.8) is 0 Å². The molecule has 1 saturated carbocycles. The summed E-state index contributed by atoms with van der Waals surface area (Å²) in [7, 11) is 0. The number of piperazine rings is 1. The van der Waals surface area contributed by atoms with Gasteiger partial charge in [0.1, 0.15) is 0 Å². The summed E-state index contributed by atoms with van der Waals surface area (Å²) in [5.74, 6) is -1.68. The maximum Gasteiger partial charge on any atom is 0.409 e. The number of hydrogen-bond donors (Lipinski definition) is 3. The molecular weight excluding hydrogens is 418 g/mol. The van der Waals surface area contributed by atoms with Gasteiger partial charge in [-0.2, -0.15) is 0 Å². The van der Waals surface area contributed by atoms with E-state index in [1.807, 2.05) is 0 Å². The number of aliphatic carboxylic acids is 1. The number of carbonyl (C=O) groups excluding carboxylic acids is 3. The number of likely N-dealkylation sites (tertiary alicyclic amines) is 1. The smallest absolute Gasteiger partial charge is 0.409 e. The normalized spacial score (nSPS) is 23.6. The van der Waals surface area contributed by atoms with E-state index in [1.165, 1.54) is 17.7 Å². The molecule has 3 aliphatic rings. The second-order valence-electron chi connectivity index (χ2n) is 8.68. The Morgan fingerprint density at radius 2 is 1.75 bits per heavy atom. The first-order valence-corrected chi connectivity index (χ1v) is 11.2. The topological polar surface area (TPSA) is 146 Å². The van der Waals surface area contributed by atoms with Crippen LogP contribution in [0.25, 0.3) is 0 Å². The molecule has 2 heterocycles. The lowest BCUT2D eigenvalue weighted by atomic mass is 9.83. The third-order valence-electron chi connectivity index (χ3n) is 6.44. The Kier molecular flexibility index (Phi) is 7.81. The van der Waals surface area contributed by atoms with Crippen molar-refractivity contribution in [2.45, 2.75) is 44.6 Å². The molecule has 3 fully saturated rings. The van der Waals surface area contributed by atoms with Gasteiger partial charge in [-0.3, -0.25) is 4.79 Å². The second kappa shape index (κ2) is 10.6. The molecule has 0 radical (unpaired) electrons. The van der Waals surface area contributed by atoms with Gasteiger partial charge in [-0.1, -0.05) is 19.4 Å². The van der Waals surface area contributed by atoms with Gasteiger partial charge in [0.25, 0.3) is 0 Å². The Morgan fingerprint density at radius 1 is 1.12 bits per heavy atom. The summed E-state index contributed by atoms with van der Waals surface area (Å²) in [6.07, 6.45) is 5.00. The van der Waals surface area contributed by atoms with Gasteiger partial charge < -0.3 is 30.7 Å². The number of rotatable bonds is 8. The first-order chi connectivity index (χ1) is 15.3. The summed E-state index contributed by atoms with van der Waals surface area (Å²) in [5, 5.41) is 12.4. The molecule has 4 amide bonds. The van der Waals surface area contributed by atoms with Gasteiger partial charge in [-0.15, -0.1) is 0 Å². The fourth-order valence-corrected chi connectivity index (χ4v) is 4.59. The number of nitrogens with one attached hydrogen (secondary N) is 1. The molecule has 4 N–H and O–H groups in total. The number of β-lactam (4-membered cyclic amide) rings is 1. The molecule has 32 heavy (non-hydrogen) atoms. The molecule has 11 heteroatoms. The first kappa shape index (κ1) is 23.7. The first-order valence-electron chi connectivity index (χ1n) is 11.2. The van der Waals surface area contributed by atoms with Crippen LogP contribution >= 0.6 is 0 Å². The Hall–Kier alpha value is -2.98. The molecule has 0 bridgehead atoms. The number of amides is 4. The molecule has 0 spiro atoms. The zero-order valence-corrected chi connectivity index (χ0v) is 18.3. The number of carbonyl (C=O) groups is 4. The molecule has 1 aliphatic carbocycles. The van der Waals surface area contributed by atoms with Gasteiger partial charge in [0.2, 0.25) is 5.91 Å². The molecule has 0 aromatic rings. The van der Waals surface area contributed by atoms with E-state index in [2.05, 4.69) is 11.9 Å². The van der Waals surface area contributed by atoms with Crippen LogP contribution < -0.4 is 11.1 Å². The van der Waals surface area contributed by atoms with E-state index in [1.54, 1.807) is 4.90 Å². The summed E-state index contributed by atoms with van der Waals surface area (Å²) >= 11 is 0. The second-order valence-corrected chi connectivity index (χ2v) is 8.68. The number of carboxylic acids is 1. The standard InChI is InChI=1S/C21H33N5O6/c1-14(22)23-8-4-7-16-17(19(28)29)26(18(16)27)20(30)24-9-11-25(12-10-24)21(31)32-13-15-5-2-3-6-15/h15-17,23H,1-13,22H2,(H,28,29)/t16-,17?/m1/s1. The van der Waals surface area contributed by atoms with Crippen molar-refractivity contribution in [2.24, 2.45) is 17.6 Å². The van der Waals surface area contributed by atoms with Gasteiger partial charge in [-0.05, 0) is 31.6 Å². The van der Waals surface area contributed by atoms with Crippen molar-refractivity contribution in [1.29, 1.82) is 0 Å². The van der Waals surface area contributed by atoms with Crippen LogP contribution in [-0.2, 0) is 14.3 Å². The van der Waals surface area contributed by atoms with Crippen LogP contribution in [0.4, 0.5) is 9.59 Å². The van der Waals surface area contributed by atoms with E-state index in [9.17, 15) is 24.3 Å². The molecule has 2 saturated heterocycles. The largest absolute Gasteiger partial charge is 0.480 e. The predicted molar refractivity (Wildman–Crippen MR) is 114 cm³/mol. The third-order valence-corrected chi connectivity index (χ3v) is 6.44. The number of hydrogen-bond acceptors (Lipinski definition) is 7. The lowest BCUT2D eigenvalue weighted by molar-refractivity contribution is -0.167. The molecular formula is C21H33N5O6. The number of nitrogens with two attached hydrogens (primary N) is 1. The van der Waals surface area contributed by atoms with Gasteiger partial charge in [0, 0.05) is 32.7 Å². The van der Waals surface area contributed by atoms with Gasteiger partial charge in [0.05, 0.1) is 18.3 Å². The average molecular weight is 452 g/mol. The number of ether oxygens (including phenoxy) is 1. The van der Waals surface area contributed by atoms with Crippen LogP contribution in [0.1, 0.15) is 38.5 Å². The number of nitrogens with zero attached hydrogens (tertiary/aromatic N) is 3. The monoisotopic (exact) mass is 451 g/mol. The van der Waals surface area contributed by atoms with Crippen molar-refractivity contribution in [1.82, 2.24) is 20.0 Å². The van der Waals surface area contributed by atoms with Crippen LogP contribution in [0, 0.1) is 11.8 Å². The van der Waals surface area contributed by atoms with E-state index >= 15 is 0 Å². The third kappa shape index (κ3) is 5.43. The Balaban J connectivity index is 1.46. The van der Waals surface area contributed by atoms with Crippen LogP contribution in [0.15, 0.2) is 12.4 Å². The molecule has 2 aliphatic heterocycles. The van der Waals surface area contributed by atoms with Crippen molar-refractivity contribution in [3.8, 4) is 0 Å². The molecule has 2 atom stereocenters. The molecule has 1 unspecified atom stereocenters. The fraction of sp³-hybridized carbons (Fsp3) is 0.714. The zero-order chi connectivity index (χ0) is 23.3. The van der Waals surface area contributed by atoms with Crippen LogP contribution in [0.5, 0.6) is 0 Å². The highest BCUT2D eigenvalue weighted by atomic mass is 16.6. The van der Waals surface area contributed by atoms with Gasteiger partial charge in [0.15, 0.2) is 6.04 Å². The minimum Gasteiger partial charge on any atom is -0.480 e. The lowest BCUT2D eigenvalue weighted by Crippen LogP contribution is -2.69. The molecule has 3 rings (SSSR count). The predicted octanol–water partition coefficient (Wildman–Crippen LogP) is 0.762. The lowest BCUT2D eigenvalue weighted by Gasteiger charge is -2.46. The minimum absolute atomic E-state index is 0.223. The Bertz CT molecular complexity index is 745. The van der Waals surface area contributed by atoms with E-state index in [0.29, 0.717) is 37.7 Å². The molecule has 178 valence electrons. The number of carboxylic acid groups (broad SMARTS) is 1. The van der Waals surface area contributed by atoms with Crippen LogP contribution in [0.3, 0.4) is 0 Å². The van der Waals surface area contributed by atoms with Crippen molar-refractivity contribution in [2.75, 3.05) is 39.3 Å². The van der Waals surface area contributed by atoms with Crippen LogP contribution in [-0.4, -0.2) is 89.2 Å². The van der Waals surface area contributed by atoms with Crippen molar-refractivity contribution in [3.05, 3.63) is 12.4 Å². The minimum atomic E-state index is -1.20. The van der Waals surface area contributed by atoms with Crippen molar-refractivity contribution < 1.29 is 29.0 Å². The highest BCUT2D eigenvalue weighted by Crippen LogP contribution is 2.32. The maximum absolute atomic E-state index is 12.8. The quantitative estimate of drug-likeness (QED) is 0.362. The summed E-state index contributed by atoms with van der Waals surface area (Å²) in [6, 6.07) is -1.79. The zero-order valence-electron chi connectivity index (χ0n) is 18.3. The summed E-state index contributed by atoms with van der Waals surface area (Å²) in [5.41, 5.74) is 5.42. The number of imide groups is 1. The van der Waals surface area contributed by atoms with E-state index in [4.69, 9.17) is 10.5 Å². The van der Waals surface area contributed by atoms with Gasteiger partial charge in [-0.25, -0.2) is 19.3 Å². The summed E-state index contributed by atoms with van der Waals surface area (Å²) < 4.78 is 5.40. The Labute approximate surface area is 187 Å². The number of urea groups is 1. The summed E-state index contributed by atoms with van der Waals surface area (Å²) in [4.78, 5) is 53.2. The van der Waals surface area contributed by atoms with E-state index < -0.39 is 29.9 Å². The average Bonchev–Trinajstić information content (AvgIpc) is 3.28. The molecule has 0 aromatic heterocycles. The van der Waals surface area contributed by atoms with Crippen molar-refractivity contribution >= 4 is 24.0 Å². The maximum atomic E-state index is 12.8. The fourth-order valence-electron chi connectivity index (χ4n) is 4.59. The van der Waals surface area contributed by atoms with E-state index in [-0.39, 0.29) is 32.3 Å². The van der Waals surface area contributed by atoms with E-state index in [0.717, 1.165) is 17.7 Å². The van der Waals surface area contributed by atoms with Gasteiger partial charge >= 0.3 is 18.1 Å². The highest BCUT2D eigenvalue weighted by molar-refractivity contribution is 6.07.